The standard InChI is InChI=1S/C18H20N2O2/c1-13-6-5-7-15(12-13)22-11-10-20-17-9-4-3-8-16(17)19-14(2)18(20)21/h3-9,12,14,19H,10-11H2,1-2H3. The molecule has 4 heteroatoms. The molecule has 0 aliphatic carbocycles. The molecule has 1 heterocycles. The van der Waals surface area contributed by atoms with Gasteiger partial charge in [0.25, 0.3) is 0 Å². The van der Waals surface area contributed by atoms with E-state index in [-0.39, 0.29) is 11.9 Å². The van der Waals surface area contributed by atoms with Gasteiger partial charge in [-0.25, -0.2) is 0 Å². The van der Waals surface area contributed by atoms with Gasteiger partial charge in [0.1, 0.15) is 18.4 Å². The first-order chi connectivity index (χ1) is 10.6. The molecule has 0 bridgehead atoms. The Morgan fingerprint density at radius 2 is 2.00 bits per heavy atom. The van der Waals surface area contributed by atoms with Gasteiger partial charge in [-0.05, 0) is 43.7 Å². The number of para-hydroxylation sites is 2. The molecule has 1 unspecified atom stereocenters. The first kappa shape index (κ1) is 14.4. The lowest BCUT2D eigenvalue weighted by Crippen LogP contribution is -2.47. The number of carbonyl (C=O) groups is 1. The number of rotatable bonds is 4. The molecule has 0 saturated heterocycles. The second-order valence-electron chi connectivity index (χ2n) is 5.54. The molecule has 114 valence electrons. The van der Waals surface area contributed by atoms with Crippen molar-refractivity contribution in [3.05, 3.63) is 54.1 Å². The minimum Gasteiger partial charge on any atom is -0.492 e. The van der Waals surface area contributed by atoms with E-state index < -0.39 is 0 Å². The third-order valence-electron chi connectivity index (χ3n) is 3.78. The zero-order valence-corrected chi connectivity index (χ0v) is 12.9. The fourth-order valence-electron chi connectivity index (χ4n) is 2.67. The maximum atomic E-state index is 12.4. The number of nitrogens with one attached hydrogen (secondary N) is 1. The monoisotopic (exact) mass is 296 g/mol. The SMILES string of the molecule is Cc1cccc(OCCN2C(=O)C(C)Nc3ccccc32)c1. The third kappa shape index (κ3) is 2.91. The largest absolute Gasteiger partial charge is 0.492 e. The van der Waals surface area contributed by atoms with Crippen molar-refractivity contribution in [2.24, 2.45) is 0 Å². The Hall–Kier alpha value is -2.49. The average molecular weight is 296 g/mol. The highest BCUT2D eigenvalue weighted by Gasteiger charge is 2.28. The quantitative estimate of drug-likeness (QED) is 0.942. The molecule has 3 rings (SSSR count). The predicted molar refractivity (Wildman–Crippen MR) is 88.6 cm³/mol. The summed E-state index contributed by atoms with van der Waals surface area (Å²) in [6, 6.07) is 15.6. The van der Waals surface area contributed by atoms with Crippen LogP contribution in [0.1, 0.15) is 12.5 Å². The van der Waals surface area contributed by atoms with Gasteiger partial charge in [-0.2, -0.15) is 0 Å². The van der Waals surface area contributed by atoms with Crippen molar-refractivity contribution in [1.82, 2.24) is 0 Å². The van der Waals surface area contributed by atoms with E-state index in [0.717, 1.165) is 22.7 Å². The Balaban J connectivity index is 1.70. The van der Waals surface area contributed by atoms with Gasteiger partial charge in [-0.1, -0.05) is 24.3 Å². The molecule has 2 aromatic rings. The predicted octanol–water partition coefficient (Wildman–Crippen LogP) is 3.22. The van der Waals surface area contributed by atoms with Crippen molar-refractivity contribution < 1.29 is 9.53 Å². The third-order valence-corrected chi connectivity index (χ3v) is 3.78. The van der Waals surface area contributed by atoms with Gasteiger partial charge in [-0.3, -0.25) is 4.79 Å². The highest BCUT2D eigenvalue weighted by Crippen LogP contribution is 2.30. The van der Waals surface area contributed by atoms with Crippen LogP contribution >= 0.6 is 0 Å². The van der Waals surface area contributed by atoms with Gasteiger partial charge in [0.15, 0.2) is 0 Å². The van der Waals surface area contributed by atoms with E-state index in [0.29, 0.717) is 13.2 Å². The van der Waals surface area contributed by atoms with Crippen LogP contribution in [0.25, 0.3) is 0 Å². The maximum Gasteiger partial charge on any atom is 0.249 e. The van der Waals surface area contributed by atoms with Gasteiger partial charge < -0.3 is 15.0 Å². The van der Waals surface area contributed by atoms with Crippen molar-refractivity contribution >= 4 is 17.3 Å². The van der Waals surface area contributed by atoms with Crippen LogP contribution in [0.15, 0.2) is 48.5 Å². The summed E-state index contributed by atoms with van der Waals surface area (Å²) in [5, 5.41) is 3.22. The number of carbonyl (C=O) groups excluding carboxylic acids is 1. The molecule has 0 saturated carbocycles. The second-order valence-corrected chi connectivity index (χ2v) is 5.54. The number of aryl methyl sites for hydroxylation is 1. The van der Waals surface area contributed by atoms with E-state index >= 15 is 0 Å². The molecule has 22 heavy (non-hydrogen) atoms. The fraction of sp³-hybridized carbons (Fsp3) is 0.278. The number of nitrogens with zero attached hydrogens (tertiary/aromatic N) is 1. The minimum atomic E-state index is -0.214. The van der Waals surface area contributed by atoms with E-state index in [4.69, 9.17) is 4.74 Å². The van der Waals surface area contributed by atoms with Gasteiger partial charge in [-0.15, -0.1) is 0 Å². The first-order valence-corrected chi connectivity index (χ1v) is 7.51. The Kier molecular flexibility index (Phi) is 4.00. The molecule has 1 amide bonds. The Labute approximate surface area is 130 Å². The summed E-state index contributed by atoms with van der Waals surface area (Å²) in [6.07, 6.45) is 0. The summed E-state index contributed by atoms with van der Waals surface area (Å²) >= 11 is 0. The number of hydrogen-bond acceptors (Lipinski definition) is 3. The molecule has 1 aliphatic heterocycles. The molecule has 1 atom stereocenters. The van der Waals surface area contributed by atoms with Crippen molar-refractivity contribution in [1.29, 1.82) is 0 Å². The van der Waals surface area contributed by atoms with Crippen molar-refractivity contribution in [3.8, 4) is 5.75 Å². The number of anilines is 2. The van der Waals surface area contributed by atoms with E-state index in [1.807, 2.05) is 62.4 Å². The first-order valence-electron chi connectivity index (χ1n) is 7.51. The van der Waals surface area contributed by atoms with Gasteiger partial charge in [0.05, 0.1) is 17.9 Å². The molecular formula is C18H20N2O2. The molecule has 1 aliphatic rings. The Morgan fingerprint density at radius 1 is 1.18 bits per heavy atom. The highest BCUT2D eigenvalue weighted by molar-refractivity contribution is 6.04. The lowest BCUT2D eigenvalue weighted by atomic mass is 10.1. The van der Waals surface area contributed by atoms with Gasteiger partial charge in [0, 0.05) is 0 Å². The summed E-state index contributed by atoms with van der Waals surface area (Å²) in [4.78, 5) is 14.2. The maximum absolute atomic E-state index is 12.4. The number of hydrogen-bond donors (Lipinski definition) is 1. The molecule has 1 N–H and O–H groups in total. The summed E-state index contributed by atoms with van der Waals surface area (Å²) < 4.78 is 5.77. The van der Waals surface area contributed by atoms with Crippen LogP contribution in [0.4, 0.5) is 11.4 Å². The highest BCUT2D eigenvalue weighted by atomic mass is 16.5. The molecule has 0 aromatic heterocycles. The molecule has 4 nitrogen and oxygen atoms in total. The van der Waals surface area contributed by atoms with Crippen LogP contribution < -0.4 is 15.0 Å². The van der Waals surface area contributed by atoms with E-state index in [9.17, 15) is 4.79 Å². The number of amides is 1. The molecular weight excluding hydrogens is 276 g/mol. The van der Waals surface area contributed by atoms with Crippen LogP contribution in [0.2, 0.25) is 0 Å². The number of ether oxygens (including phenoxy) is 1. The van der Waals surface area contributed by atoms with Gasteiger partial charge >= 0.3 is 0 Å². The number of benzene rings is 2. The average Bonchev–Trinajstić information content (AvgIpc) is 2.51. The van der Waals surface area contributed by atoms with Crippen molar-refractivity contribution in [2.75, 3.05) is 23.4 Å². The van der Waals surface area contributed by atoms with Crippen LogP contribution in [0.5, 0.6) is 5.75 Å². The van der Waals surface area contributed by atoms with Crippen LogP contribution in [0.3, 0.4) is 0 Å². The van der Waals surface area contributed by atoms with Crippen LogP contribution in [0, 0.1) is 6.92 Å². The summed E-state index contributed by atoms with van der Waals surface area (Å²) in [6.45, 7) is 4.92. The molecule has 0 radical (unpaired) electrons. The van der Waals surface area contributed by atoms with Crippen molar-refractivity contribution in [2.45, 2.75) is 19.9 Å². The summed E-state index contributed by atoms with van der Waals surface area (Å²) in [5.74, 6) is 0.912. The zero-order valence-electron chi connectivity index (χ0n) is 12.9. The zero-order chi connectivity index (χ0) is 15.5. The van der Waals surface area contributed by atoms with Gasteiger partial charge in [0.2, 0.25) is 5.91 Å². The van der Waals surface area contributed by atoms with E-state index in [1.165, 1.54) is 0 Å². The van der Waals surface area contributed by atoms with Crippen molar-refractivity contribution in [3.63, 3.8) is 0 Å². The summed E-state index contributed by atoms with van der Waals surface area (Å²) in [7, 11) is 0. The normalized spacial score (nSPS) is 16.9. The molecule has 0 spiro atoms. The Bertz CT molecular complexity index is 684. The fourth-order valence-corrected chi connectivity index (χ4v) is 2.67. The van der Waals surface area contributed by atoms with Crippen LogP contribution in [-0.2, 0) is 4.79 Å². The second kappa shape index (κ2) is 6.10. The minimum absolute atomic E-state index is 0.0755. The molecule has 0 fully saturated rings. The van der Waals surface area contributed by atoms with E-state index in [2.05, 4.69) is 5.32 Å². The lowest BCUT2D eigenvalue weighted by Gasteiger charge is -2.33. The van der Waals surface area contributed by atoms with E-state index in [1.54, 1.807) is 4.90 Å². The summed E-state index contributed by atoms with van der Waals surface area (Å²) in [5.41, 5.74) is 3.07. The number of fused-ring (bicyclic) bond motifs is 1. The lowest BCUT2D eigenvalue weighted by molar-refractivity contribution is -0.119. The Morgan fingerprint density at radius 3 is 2.82 bits per heavy atom. The van der Waals surface area contributed by atoms with Crippen LogP contribution in [-0.4, -0.2) is 25.1 Å². The topological polar surface area (TPSA) is 41.6 Å². The smallest absolute Gasteiger partial charge is 0.249 e. The molecule has 2 aromatic carbocycles.